The molecule has 0 aliphatic carbocycles. The van der Waals surface area contributed by atoms with E-state index >= 15 is 0 Å². The molecule has 1 unspecified atom stereocenters. The fraction of sp³-hybridized carbons (Fsp3) is 0.562. The van der Waals surface area contributed by atoms with E-state index < -0.39 is 0 Å². The van der Waals surface area contributed by atoms with Crippen LogP contribution in [-0.4, -0.2) is 19.6 Å². The molecule has 0 saturated heterocycles. The Bertz CT molecular complexity index is 409. The lowest BCUT2D eigenvalue weighted by Crippen LogP contribution is -2.28. The zero-order valence-electron chi connectivity index (χ0n) is 12.3. The van der Waals surface area contributed by atoms with Crippen LogP contribution < -0.4 is 10.2 Å². The van der Waals surface area contributed by atoms with Gasteiger partial charge in [-0.3, -0.25) is 0 Å². The van der Waals surface area contributed by atoms with Crippen LogP contribution >= 0.6 is 0 Å². The standard InChI is InChI=1S/C16H25N3/c1-4-15(18-5-2)14-10-7-8-11-16(14)19(6-3)13-9-12-17/h7-8,10-11,15,18H,4-6,9,13H2,1-3H3. The second-order valence-corrected chi connectivity index (χ2v) is 4.57. The Labute approximate surface area is 117 Å². The van der Waals surface area contributed by atoms with Gasteiger partial charge >= 0.3 is 0 Å². The number of nitrogens with zero attached hydrogens (tertiary/aromatic N) is 2. The first-order chi connectivity index (χ1) is 9.28. The van der Waals surface area contributed by atoms with Crippen LogP contribution in [0.1, 0.15) is 45.2 Å². The summed E-state index contributed by atoms with van der Waals surface area (Å²) < 4.78 is 0. The van der Waals surface area contributed by atoms with E-state index in [-0.39, 0.29) is 0 Å². The van der Waals surface area contributed by atoms with Crippen molar-refractivity contribution >= 4 is 5.69 Å². The second-order valence-electron chi connectivity index (χ2n) is 4.57. The number of nitriles is 1. The largest absolute Gasteiger partial charge is 0.371 e. The van der Waals surface area contributed by atoms with Crippen LogP contribution in [0.2, 0.25) is 0 Å². The number of para-hydroxylation sites is 1. The molecule has 0 aliphatic rings. The number of hydrogen-bond donors (Lipinski definition) is 1. The molecule has 0 radical (unpaired) electrons. The highest BCUT2D eigenvalue weighted by atomic mass is 15.1. The molecule has 0 aromatic heterocycles. The predicted molar refractivity (Wildman–Crippen MR) is 81.3 cm³/mol. The summed E-state index contributed by atoms with van der Waals surface area (Å²) in [5.74, 6) is 0. The maximum absolute atomic E-state index is 8.78. The van der Waals surface area contributed by atoms with Gasteiger partial charge in [0.2, 0.25) is 0 Å². The van der Waals surface area contributed by atoms with Crippen molar-refractivity contribution in [2.45, 2.75) is 39.7 Å². The van der Waals surface area contributed by atoms with Crippen LogP contribution in [0.5, 0.6) is 0 Å². The highest BCUT2D eigenvalue weighted by Gasteiger charge is 2.15. The van der Waals surface area contributed by atoms with Crippen molar-refractivity contribution in [3.8, 4) is 6.07 Å². The molecule has 0 fully saturated rings. The highest BCUT2D eigenvalue weighted by Crippen LogP contribution is 2.28. The third-order valence-electron chi connectivity index (χ3n) is 3.39. The molecule has 0 spiro atoms. The average molecular weight is 259 g/mol. The third-order valence-corrected chi connectivity index (χ3v) is 3.39. The molecule has 1 aromatic carbocycles. The van der Waals surface area contributed by atoms with Gasteiger partial charge in [-0.25, -0.2) is 0 Å². The minimum absolute atomic E-state index is 0.386. The van der Waals surface area contributed by atoms with Gasteiger partial charge in [-0.2, -0.15) is 5.26 Å². The van der Waals surface area contributed by atoms with Crippen molar-refractivity contribution in [3.05, 3.63) is 29.8 Å². The van der Waals surface area contributed by atoms with Crippen LogP contribution in [0.15, 0.2) is 24.3 Å². The zero-order chi connectivity index (χ0) is 14.1. The first-order valence-electron chi connectivity index (χ1n) is 7.22. The van der Waals surface area contributed by atoms with E-state index in [2.05, 4.69) is 61.3 Å². The number of anilines is 1. The van der Waals surface area contributed by atoms with Gasteiger partial charge in [0.25, 0.3) is 0 Å². The Hall–Kier alpha value is -1.53. The van der Waals surface area contributed by atoms with E-state index in [9.17, 15) is 0 Å². The summed E-state index contributed by atoms with van der Waals surface area (Å²) in [6, 6.07) is 11.1. The summed E-state index contributed by atoms with van der Waals surface area (Å²) in [5, 5.41) is 12.3. The van der Waals surface area contributed by atoms with E-state index in [1.807, 2.05) is 0 Å². The van der Waals surface area contributed by atoms with Crippen molar-refractivity contribution in [2.75, 3.05) is 24.5 Å². The molecule has 1 aromatic rings. The average Bonchev–Trinajstić information content (AvgIpc) is 2.46. The molecule has 1 rings (SSSR count). The van der Waals surface area contributed by atoms with Gasteiger partial charge in [-0.05, 0) is 31.5 Å². The first-order valence-corrected chi connectivity index (χ1v) is 7.22. The molecule has 0 aliphatic heterocycles. The van der Waals surface area contributed by atoms with E-state index in [0.29, 0.717) is 12.5 Å². The second kappa shape index (κ2) is 8.55. The SMILES string of the molecule is CCNC(CC)c1ccccc1N(CC)CCC#N. The van der Waals surface area contributed by atoms with Crippen molar-refractivity contribution in [3.63, 3.8) is 0 Å². The monoisotopic (exact) mass is 259 g/mol. The van der Waals surface area contributed by atoms with Gasteiger partial charge in [-0.15, -0.1) is 0 Å². The number of hydrogen-bond acceptors (Lipinski definition) is 3. The predicted octanol–water partition coefficient (Wildman–Crippen LogP) is 3.49. The van der Waals surface area contributed by atoms with Gasteiger partial charge in [0.1, 0.15) is 0 Å². The fourth-order valence-electron chi connectivity index (χ4n) is 2.42. The summed E-state index contributed by atoms with van der Waals surface area (Å²) in [4.78, 5) is 2.29. The van der Waals surface area contributed by atoms with Gasteiger partial charge in [0.15, 0.2) is 0 Å². The number of rotatable bonds is 8. The Morgan fingerprint density at radius 3 is 2.58 bits per heavy atom. The lowest BCUT2D eigenvalue weighted by Gasteiger charge is -2.28. The molecule has 3 nitrogen and oxygen atoms in total. The molecule has 0 amide bonds. The Morgan fingerprint density at radius 1 is 1.26 bits per heavy atom. The third kappa shape index (κ3) is 4.25. The van der Waals surface area contributed by atoms with Crippen molar-refractivity contribution in [1.82, 2.24) is 5.32 Å². The Morgan fingerprint density at radius 2 is 2.00 bits per heavy atom. The molecular weight excluding hydrogens is 234 g/mol. The van der Waals surface area contributed by atoms with Crippen molar-refractivity contribution < 1.29 is 0 Å². The topological polar surface area (TPSA) is 39.1 Å². The minimum Gasteiger partial charge on any atom is -0.371 e. The van der Waals surface area contributed by atoms with Crippen molar-refractivity contribution in [1.29, 1.82) is 5.26 Å². The minimum atomic E-state index is 0.386. The molecule has 1 N–H and O–H groups in total. The summed E-state index contributed by atoms with van der Waals surface area (Å²) in [6.07, 6.45) is 1.64. The molecule has 104 valence electrons. The van der Waals surface area contributed by atoms with Gasteiger partial charge < -0.3 is 10.2 Å². The van der Waals surface area contributed by atoms with Crippen LogP contribution in [-0.2, 0) is 0 Å². The smallest absolute Gasteiger partial charge is 0.0640 e. The molecular formula is C16H25N3. The Balaban J connectivity index is 3.01. The molecule has 0 saturated carbocycles. The number of nitrogens with one attached hydrogen (secondary N) is 1. The lowest BCUT2D eigenvalue weighted by atomic mass is 10.0. The molecule has 1 atom stereocenters. The summed E-state index contributed by atoms with van der Waals surface area (Å²) in [6.45, 7) is 9.18. The van der Waals surface area contributed by atoms with Crippen molar-refractivity contribution in [2.24, 2.45) is 0 Å². The van der Waals surface area contributed by atoms with E-state index in [1.54, 1.807) is 0 Å². The van der Waals surface area contributed by atoms with Crippen LogP contribution in [0, 0.1) is 11.3 Å². The summed E-state index contributed by atoms with van der Waals surface area (Å²) >= 11 is 0. The van der Waals surface area contributed by atoms with Gasteiger partial charge in [0, 0.05) is 24.8 Å². The molecule has 0 bridgehead atoms. The fourth-order valence-corrected chi connectivity index (χ4v) is 2.42. The van der Waals surface area contributed by atoms with Crippen LogP contribution in [0.3, 0.4) is 0 Å². The van der Waals surface area contributed by atoms with E-state index in [1.165, 1.54) is 11.3 Å². The van der Waals surface area contributed by atoms with E-state index in [0.717, 1.165) is 26.1 Å². The number of benzene rings is 1. The maximum Gasteiger partial charge on any atom is 0.0640 e. The normalized spacial score (nSPS) is 11.9. The summed E-state index contributed by atoms with van der Waals surface area (Å²) in [7, 11) is 0. The molecule has 19 heavy (non-hydrogen) atoms. The molecule has 3 heteroatoms. The quantitative estimate of drug-likeness (QED) is 0.776. The van der Waals surface area contributed by atoms with E-state index in [4.69, 9.17) is 5.26 Å². The highest BCUT2D eigenvalue weighted by molar-refractivity contribution is 5.55. The summed E-state index contributed by atoms with van der Waals surface area (Å²) in [5.41, 5.74) is 2.60. The first kappa shape index (κ1) is 15.5. The Kier molecular flexibility index (Phi) is 6.99. The lowest BCUT2D eigenvalue weighted by molar-refractivity contribution is 0.536. The van der Waals surface area contributed by atoms with Gasteiger partial charge in [-0.1, -0.05) is 32.0 Å². The van der Waals surface area contributed by atoms with Crippen LogP contribution in [0.25, 0.3) is 0 Å². The van der Waals surface area contributed by atoms with Gasteiger partial charge in [0.05, 0.1) is 12.5 Å². The molecule has 0 heterocycles. The zero-order valence-corrected chi connectivity index (χ0v) is 12.3. The maximum atomic E-state index is 8.78. The van der Waals surface area contributed by atoms with Crippen LogP contribution in [0.4, 0.5) is 5.69 Å².